The second-order valence-electron chi connectivity index (χ2n) is 7.07. The summed E-state index contributed by atoms with van der Waals surface area (Å²) in [5.74, 6) is 0.132. The second kappa shape index (κ2) is 7.54. The lowest BCUT2D eigenvalue weighted by molar-refractivity contribution is -0.145. The molecule has 2 saturated heterocycles. The van der Waals surface area contributed by atoms with Crippen molar-refractivity contribution in [1.82, 2.24) is 9.80 Å². The molecule has 0 radical (unpaired) electrons. The van der Waals surface area contributed by atoms with Gasteiger partial charge in [-0.2, -0.15) is 0 Å². The second-order valence-corrected chi connectivity index (χ2v) is 7.07. The first kappa shape index (κ1) is 17.9. The largest absolute Gasteiger partial charge is 0.378 e. The Labute approximate surface area is 148 Å². The molecule has 0 saturated carbocycles. The van der Waals surface area contributed by atoms with Gasteiger partial charge in [0.25, 0.3) is 0 Å². The highest BCUT2D eigenvalue weighted by Crippen LogP contribution is 2.25. The van der Waals surface area contributed by atoms with Gasteiger partial charge in [0.05, 0.1) is 13.2 Å². The fourth-order valence-corrected chi connectivity index (χ4v) is 3.61. The summed E-state index contributed by atoms with van der Waals surface area (Å²) in [5, 5.41) is 0. The van der Waals surface area contributed by atoms with E-state index in [4.69, 9.17) is 10.5 Å². The van der Waals surface area contributed by atoms with Crippen LogP contribution in [0.1, 0.15) is 25.3 Å². The third-order valence-electron chi connectivity index (χ3n) is 5.27. The standard InChI is InChI=1S/C19H27N3O3/c1-19(20,16-5-3-2-4-6-16)18(24)22-9-7-15(8-10-22)17(23)21-11-13-25-14-12-21/h2-6,15H,7-14,20H2,1H3. The Morgan fingerprint density at radius 1 is 1.04 bits per heavy atom. The Kier molecular flexibility index (Phi) is 5.39. The van der Waals surface area contributed by atoms with Crippen LogP contribution in [0.4, 0.5) is 0 Å². The van der Waals surface area contributed by atoms with Crippen molar-refractivity contribution in [2.75, 3.05) is 39.4 Å². The van der Waals surface area contributed by atoms with E-state index in [0.29, 0.717) is 52.2 Å². The minimum Gasteiger partial charge on any atom is -0.378 e. The maximum atomic E-state index is 12.9. The van der Waals surface area contributed by atoms with E-state index < -0.39 is 5.54 Å². The molecule has 25 heavy (non-hydrogen) atoms. The molecule has 2 N–H and O–H groups in total. The van der Waals surface area contributed by atoms with E-state index in [0.717, 1.165) is 5.56 Å². The number of nitrogens with two attached hydrogens (primary N) is 1. The quantitative estimate of drug-likeness (QED) is 0.885. The number of piperidine rings is 1. The van der Waals surface area contributed by atoms with Crippen molar-refractivity contribution in [1.29, 1.82) is 0 Å². The van der Waals surface area contributed by atoms with E-state index in [2.05, 4.69) is 0 Å². The average Bonchev–Trinajstić information content (AvgIpc) is 2.68. The molecule has 2 heterocycles. The van der Waals surface area contributed by atoms with Crippen LogP contribution in [0.3, 0.4) is 0 Å². The number of carbonyl (C=O) groups excluding carboxylic acids is 2. The van der Waals surface area contributed by atoms with Gasteiger partial charge in [0.1, 0.15) is 5.54 Å². The molecular weight excluding hydrogens is 318 g/mol. The number of nitrogens with zero attached hydrogens (tertiary/aromatic N) is 2. The topological polar surface area (TPSA) is 75.9 Å². The van der Waals surface area contributed by atoms with Gasteiger partial charge in [0.15, 0.2) is 0 Å². The van der Waals surface area contributed by atoms with Crippen molar-refractivity contribution in [2.45, 2.75) is 25.3 Å². The van der Waals surface area contributed by atoms with E-state index in [9.17, 15) is 9.59 Å². The number of benzene rings is 1. The van der Waals surface area contributed by atoms with Gasteiger partial charge in [-0.05, 0) is 25.3 Å². The highest BCUT2D eigenvalue weighted by molar-refractivity contribution is 5.87. The minimum atomic E-state index is -1.04. The molecule has 2 aliphatic rings. The summed E-state index contributed by atoms with van der Waals surface area (Å²) in [4.78, 5) is 29.2. The van der Waals surface area contributed by atoms with Gasteiger partial charge in [-0.25, -0.2) is 0 Å². The zero-order valence-electron chi connectivity index (χ0n) is 14.8. The molecule has 0 aromatic heterocycles. The maximum Gasteiger partial charge on any atom is 0.246 e. The van der Waals surface area contributed by atoms with Gasteiger partial charge in [0, 0.05) is 32.1 Å². The molecule has 1 atom stereocenters. The lowest BCUT2D eigenvalue weighted by Gasteiger charge is -2.38. The molecule has 0 spiro atoms. The zero-order valence-corrected chi connectivity index (χ0v) is 14.8. The molecule has 0 bridgehead atoms. The van der Waals surface area contributed by atoms with E-state index >= 15 is 0 Å². The average molecular weight is 345 g/mol. The summed E-state index contributed by atoms with van der Waals surface area (Å²) in [6, 6.07) is 9.45. The van der Waals surface area contributed by atoms with Crippen molar-refractivity contribution in [3.05, 3.63) is 35.9 Å². The smallest absolute Gasteiger partial charge is 0.246 e. The van der Waals surface area contributed by atoms with Crippen molar-refractivity contribution >= 4 is 11.8 Å². The molecule has 1 unspecified atom stereocenters. The molecule has 0 aliphatic carbocycles. The summed E-state index contributed by atoms with van der Waals surface area (Å²) < 4.78 is 5.30. The summed E-state index contributed by atoms with van der Waals surface area (Å²) in [6.07, 6.45) is 1.40. The highest BCUT2D eigenvalue weighted by Gasteiger charge is 2.37. The number of hydrogen-bond donors (Lipinski definition) is 1. The van der Waals surface area contributed by atoms with Crippen molar-refractivity contribution in [3.63, 3.8) is 0 Å². The maximum absolute atomic E-state index is 12.9. The lowest BCUT2D eigenvalue weighted by atomic mass is 9.89. The van der Waals surface area contributed by atoms with Crippen molar-refractivity contribution in [3.8, 4) is 0 Å². The van der Waals surface area contributed by atoms with Crippen LogP contribution in [0.15, 0.2) is 30.3 Å². The first-order valence-electron chi connectivity index (χ1n) is 9.00. The Balaban J connectivity index is 1.58. The monoisotopic (exact) mass is 345 g/mol. The molecule has 2 amide bonds. The molecule has 6 heteroatoms. The summed E-state index contributed by atoms with van der Waals surface area (Å²) in [7, 11) is 0. The van der Waals surface area contributed by atoms with E-state index in [1.807, 2.05) is 35.2 Å². The van der Waals surface area contributed by atoms with Crippen LogP contribution < -0.4 is 5.73 Å². The fraction of sp³-hybridized carbons (Fsp3) is 0.579. The van der Waals surface area contributed by atoms with Crippen molar-refractivity contribution in [2.24, 2.45) is 11.7 Å². The Bertz CT molecular complexity index is 604. The van der Waals surface area contributed by atoms with Crippen LogP contribution in [-0.4, -0.2) is 61.0 Å². The van der Waals surface area contributed by atoms with Crippen LogP contribution >= 0.6 is 0 Å². The van der Waals surface area contributed by atoms with Gasteiger partial charge in [-0.3, -0.25) is 9.59 Å². The first-order valence-corrected chi connectivity index (χ1v) is 9.00. The molecule has 2 aliphatic heterocycles. The predicted octanol–water partition coefficient (Wildman–Crippen LogP) is 0.958. The fourth-order valence-electron chi connectivity index (χ4n) is 3.61. The number of likely N-dealkylation sites (tertiary alicyclic amines) is 1. The van der Waals surface area contributed by atoms with Crippen LogP contribution in [0.25, 0.3) is 0 Å². The molecule has 1 aromatic rings. The van der Waals surface area contributed by atoms with Gasteiger partial charge < -0.3 is 20.3 Å². The summed E-state index contributed by atoms with van der Waals surface area (Å²) >= 11 is 0. The minimum absolute atomic E-state index is 0.00269. The molecular formula is C19H27N3O3. The van der Waals surface area contributed by atoms with Gasteiger partial charge >= 0.3 is 0 Å². The Morgan fingerprint density at radius 3 is 2.24 bits per heavy atom. The van der Waals surface area contributed by atoms with Crippen molar-refractivity contribution < 1.29 is 14.3 Å². The summed E-state index contributed by atoms with van der Waals surface area (Å²) in [5.41, 5.74) is 6.12. The Morgan fingerprint density at radius 2 is 1.64 bits per heavy atom. The van der Waals surface area contributed by atoms with Crippen LogP contribution in [-0.2, 0) is 19.9 Å². The normalized spacial score (nSPS) is 21.7. The van der Waals surface area contributed by atoms with E-state index in [1.165, 1.54) is 0 Å². The zero-order chi connectivity index (χ0) is 17.9. The number of hydrogen-bond acceptors (Lipinski definition) is 4. The number of rotatable bonds is 3. The number of carbonyl (C=O) groups is 2. The third-order valence-corrected chi connectivity index (χ3v) is 5.27. The van der Waals surface area contributed by atoms with Gasteiger partial charge in [-0.15, -0.1) is 0 Å². The predicted molar refractivity (Wildman–Crippen MR) is 94.7 cm³/mol. The molecule has 136 valence electrons. The van der Waals surface area contributed by atoms with E-state index in [-0.39, 0.29) is 17.7 Å². The van der Waals surface area contributed by atoms with Crippen LogP contribution in [0, 0.1) is 5.92 Å². The highest BCUT2D eigenvalue weighted by atomic mass is 16.5. The number of amides is 2. The molecule has 2 fully saturated rings. The van der Waals surface area contributed by atoms with Crippen LogP contribution in [0.2, 0.25) is 0 Å². The first-order chi connectivity index (χ1) is 12.0. The molecule has 1 aromatic carbocycles. The summed E-state index contributed by atoms with van der Waals surface area (Å²) in [6.45, 7) is 5.51. The van der Waals surface area contributed by atoms with Gasteiger partial charge in [0.2, 0.25) is 11.8 Å². The third kappa shape index (κ3) is 3.85. The molecule has 3 rings (SSSR count). The van der Waals surface area contributed by atoms with Crippen LogP contribution in [0.5, 0.6) is 0 Å². The number of morpholine rings is 1. The lowest BCUT2D eigenvalue weighted by Crippen LogP contribution is -2.54. The Hall–Kier alpha value is -1.92. The van der Waals surface area contributed by atoms with E-state index in [1.54, 1.807) is 11.8 Å². The number of ether oxygens (including phenoxy) is 1. The van der Waals surface area contributed by atoms with Gasteiger partial charge in [-0.1, -0.05) is 30.3 Å². The SMILES string of the molecule is CC(N)(C(=O)N1CCC(C(=O)N2CCOCC2)CC1)c1ccccc1. The molecule has 6 nitrogen and oxygen atoms in total.